The van der Waals surface area contributed by atoms with Crippen LogP contribution in [0.15, 0.2) is 23.5 Å². The molecule has 1 aromatic heterocycles. The van der Waals surface area contributed by atoms with Crippen molar-refractivity contribution in [3.63, 3.8) is 0 Å². The first-order valence-corrected chi connectivity index (χ1v) is 6.83. The third-order valence-electron chi connectivity index (χ3n) is 2.72. The van der Waals surface area contributed by atoms with E-state index in [1.54, 1.807) is 32.9 Å². The Bertz CT molecular complexity index is 539. The van der Waals surface area contributed by atoms with Gasteiger partial charge in [-0.15, -0.1) is 16.4 Å². The van der Waals surface area contributed by atoms with Gasteiger partial charge in [0.2, 0.25) is 0 Å². The number of pyridine rings is 1. The lowest BCUT2D eigenvalue weighted by atomic mass is 10.2. The quantitative estimate of drug-likeness (QED) is 0.539. The van der Waals surface area contributed by atoms with Crippen LogP contribution in [0.25, 0.3) is 0 Å². The number of oxime groups is 1. The van der Waals surface area contributed by atoms with Crippen molar-refractivity contribution >= 4 is 17.5 Å². The van der Waals surface area contributed by atoms with E-state index in [1.165, 1.54) is 13.3 Å². The minimum absolute atomic E-state index is 0.125. The van der Waals surface area contributed by atoms with Gasteiger partial charge in [0, 0.05) is 6.20 Å². The van der Waals surface area contributed by atoms with E-state index in [2.05, 4.69) is 25.3 Å². The van der Waals surface area contributed by atoms with E-state index in [-0.39, 0.29) is 24.2 Å². The number of methoxy groups -OCH3 is 1. The van der Waals surface area contributed by atoms with Gasteiger partial charge in [-0.25, -0.2) is 9.78 Å². The first-order valence-electron chi connectivity index (χ1n) is 6.83. The number of nitrogens with zero attached hydrogens (tertiary/aromatic N) is 3. The Morgan fingerprint density at radius 3 is 2.91 bits per heavy atom. The summed E-state index contributed by atoms with van der Waals surface area (Å²) >= 11 is 0. The van der Waals surface area contributed by atoms with E-state index >= 15 is 0 Å². The smallest absolute Gasteiger partial charge is 0.438 e. The average molecular weight is 327 g/mol. The van der Waals surface area contributed by atoms with E-state index in [0.717, 1.165) is 5.06 Å². The zero-order valence-electron chi connectivity index (χ0n) is 13.5. The molecule has 1 aromatic rings. The van der Waals surface area contributed by atoms with Crippen LogP contribution >= 0.6 is 0 Å². The fraction of sp³-hybridized carbons (Fsp3) is 0.462. The number of hydrogen-bond donors (Lipinski definition) is 2. The third-order valence-corrected chi connectivity index (χ3v) is 2.72. The van der Waals surface area contributed by atoms with Crippen LogP contribution in [-0.2, 0) is 14.5 Å². The van der Waals surface area contributed by atoms with Crippen molar-refractivity contribution in [2.45, 2.75) is 26.8 Å². The Balaban J connectivity index is 2.92. The summed E-state index contributed by atoms with van der Waals surface area (Å²) < 4.78 is 4.68. The van der Waals surface area contributed by atoms with Gasteiger partial charge in [0.1, 0.15) is 5.69 Å². The first-order chi connectivity index (χ1) is 11.0. The van der Waals surface area contributed by atoms with Gasteiger partial charge < -0.3 is 14.5 Å². The Morgan fingerprint density at radius 2 is 2.30 bits per heavy atom. The largest absolute Gasteiger partial charge is 0.451 e. The zero-order chi connectivity index (χ0) is 17.2. The number of carbonyl (C=O) groups is 1. The molecule has 128 valence electrons. The molecule has 0 saturated heterocycles. The molecule has 0 aliphatic heterocycles. The van der Waals surface area contributed by atoms with E-state index in [4.69, 9.17) is 15.6 Å². The molecule has 0 fully saturated rings. The maximum absolute atomic E-state index is 11.8. The Kier molecular flexibility index (Phi) is 7.74. The molecule has 1 rings (SSSR count). The molecule has 0 aromatic carbocycles. The molecule has 1 atom stereocenters. The molecule has 10 heteroatoms. The van der Waals surface area contributed by atoms with Gasteiger partial charge in [-0.1, -0.05) is 5.16 Å². The Morgan fingerprint density at radius 1 is 1.57 bits per heavy atom. The number of ether oxygens (including phenoxy) is 1. The molecule has 0 radical (unpaired) electrons. The minimum Gasteiger partial charge on any atom is -0.451 e. The molecule has 10 nitrogen and oxygen atoms in total. The van der Waals surface area contributed by atoms with Crippen LogP contribution in [0.1, 0.15) is 20.8 Å². The number of anilines is 1. The highest BCUT2D eigenvalue weighted by Crippen LogP contribution is 2.26. The highest BCUT2D eigenvalue weighted by atomic mass is 16.7. The molecular formula is C13H21N5O5. The van der Waals surface area contributed by atoms with E-state index in [9.17, 15) is 4.79 Å². The molecule has 0 aliphatic carbocycles. The maximum Gasteiger partial charge on any atom is 0.438 e. The van der Waals surface area contributed by atoms with Crippen LogP contribution in [0.4, 0.5) is 10.5 Å². The summed E-state index contributed by atoms with van der Waals surface area (Å²) in [5.41, 5.74) is 3.55. The highest BCUT2D eigenvalue weighted by Gasteiger charge is 2.22. The monoisotopic (exact) mass is 327 g/mol. The van der Waals surface area contributed by atoms with Crippen molar-refractivity contribution in [3.8, 4) is 5.88 Å². The number of amides is 1. The molecule has 23 heavy (non-hydrogen) atoms. The van der Waals surface area contributed by atoms with Gasteiger partial charge in [0.05, 0.1) is 25.5 Å². The van der Waals surface area contributed by atoms with Crippen LogP contribution in [-0.4, -0.2) is 36.5 Å². The number of rotatable bonds is 8. The summed E-state index contributed by atoms with van der Waals surface area (Å²) in [7, 11) is 1.25. The molecule has 0 saturated carbocycles. The summed E-state index contributed by atoms with van der Waals surface area (Å²) in [5.74, 6) is 5.00. The SMILES string of the molecule is CCON(C(=O)OC)c1cccnc1ONC(C)/C(C)=N/ON. The van der Waals surface area contributed by atoms with Crippen molar-refractivity contribution < 1.29 is 24.1 Å². The molecular weight excluding hydrogens is 306 g/mol. The van der Waals surface area contributed by atoms with Crippen molar-refractivity contribution in [3.05, 3.63) is 18.3 Å². The topological polar surface area (TPSA) is 121 Å². The van der Waals surface area contributed by atoms with Crippen LogP contribution in [0.3, 0.4) is 0 Å². The molecule has 0 aliphatic rings. The van der Waals surface area contributed by atoms with Crippen molar-refractivity contribution in [1.82, 2.24) is 10.5 Å². The number of hydroxylamine groups is 2. The standard InChI is InChI=1S/C13H21N5O5/c1-5-21-18(13(19)20-4)11-7-6-8-15-12(11)22-16-9(2)10(3)17-23-14/h6-9,16H,5,14H2,1-4H3/b17-10+. The Hall–Kier alpha value is -2.43. The third kappa shape index (κ3) is 5.36. The number of carbonyl (C=O) groups excluding carboxylic acids is 1. The fourth-order valence-corrected chi connectivity index (χ4v) is 1.44. The van der Waals surface area contributed by atoms with Gasteiger partial charge in [-0.2, -0.15) is 0 Å². The second-order valence-electron chi connectivity index (χ2n) is 4.29. The number of nitrogens with two attached hydrogens (primary N) is 1. The lowest BCUT2D eigenvalue weighted by Crippen LogP contribution is -2.37. The minimum atomic E-state index is -0.702. The first kappa shape index (κ1) is 18.6. The van der Waals surface area contributed by atoms with E-state index < -0.39 is 6.09 Å². The zero-order valence-corrected chi connectivity index (χ0v) is 13.5. The summed E-state index contributed by atoms with van der Waals surface area (Å²) in [6, 6.07) is 2.92. The van der Waals surface area contributed by atoms with Crippen LogP contribution in [0.2, 0.25) is 0 Å². The molecule has 1 amide bonds. The van der Waals surface area contributed by atoms with E-state index in [1.807, 2.05) is 0 Å². The molecule has 0 spiro atoms. The maximum atomic E-state index is 11.8. The van der Waals surface area contributed by atoms with Crippen molar-refractivity contribution in [2.75, 3.05) is 18.8 Å². The van der Waals surface area contributed by atoms with Gasteiger partial charge in [-0.05, 0) is 32.9 Å². The van der Waals surface area contributed by atoms with Crippen molar-refractivity contribution in [1.29, 1.82) is 0 Å². The summed E-state index contributed by atoms with van der Waals surface area (Å²) in [4.78, 5) is 30.8. The van der Waals surface area contributed by atoms with E-state index in [0.29, 0.717) is 5.71 Å². The predicted molar refractivity (Wildman–Crippen MR) is 82.4 cm³/mol. The van der Waals surface area contributed by atoms with Gasteiger partial charge in [0.25, 0.3) is 5.88 Å². The summed E-state index contributed by atoms with van der Waals surface area (Å²) in [5, 5.41) is 4.54. The number of hydrogen-bond acceptors (Lipinski definition) is 9. The normalized spacial score (nSPS) is 12.5. The summed E-state index contributed by atoms with van der Waals surface area (Å²) in [6.07, 6.45) is 0.809. The van der Waals surface area contributed by atoms with Crippen LogP contribution in [0.5, 0.6) is 5.88 Å². The molecule has 1 unspecified atom stereocenters. The number of nitrogens with one attached hydrogen (secondary N) is 1. The lowest BCUT2D eigenvalue weighted by Gasteiger charge is -2.21. The fourth-order valence-electron chi connectivity index (χ4n) is 1.44. The van der Waals surface area contributed by atoms with Gasteiger partial charge in [-0.3, -0.25) is 4.84 Å². The molecule has 1 heterocycles. The number of aromatic nitrogens is 1. The highest BCUT2D eigenvalue weighted by molar-refractivity contribution is 5.87. The Labute approximate surface area is 134 Å². The second-order valence-corrected chi connectivity index (χ2v) is 4.29. The predicted octanol–water partition coefficient (Wildman–Crippen LogP) is 1.14. The van der Waals surface area contributed by atoms with Gasteiger partial charge in [0.15, 0.2) is 0 Å². The van der Waals surface area contributed by atoms with Crippen LogP contribution < -0.4 is 21.3 Å². The molecule has 0 bridgehead atoms. The average Bonchev–Trinajstić information content (AvgIpc) is 2.57. The van der Waals surface area contributed by atoms with Crippen LogP contribution in [0, 0.1) is 0 Å². The van der Waals surface area contributed by atoms with Gasteiger partial charge >= 0.3 is 6.09 Å². The summed E-state index contributed by atoms with van der Waals surface area (Å²) in [6.45, 7) is 5.47. The second kappa shape index (κ2) is 9.56. The molecule has 3 N–H and O–H groups in total. The van der Waals surface area contributed by atoms with Crippen molar-refractivity contribution in [2.24, 2.45) is 11.1 Å². The lowest BCUT2D eigenvalue weighted by molar-refractivity contribution is 0.0890.